The molecule has 0 amide bonds. The Kier molecular flexibility index (Phi) is 26.8. The van der Waals surface area contributed by atoms with Crippen molar-refractivity contribution in [1.82, 2.24) is 0 Å². The monoisotopic (exact) mass is 500 g/mol. The molecule has 2 nitrogen and oxygen atoms in total. The molecule has 0 aliphatic carbocycles. The lowest BCUT2D eigenvalue weighted by molar-refractivity contribution is 0.0455. The van der Waals surface area contributed by atoms with Crippen LogP contribution in [-0.2, 0) is 9.47 Å². The SMILES string of the molecule is CCC(C)OCC(C)C.CCCCCC.CCCOCCC.Cc1ccc(-c2ccc(C)cc2)cc1. The zero-order chi connectivity index (χ0) is 27.6. The summed E-state index contributed by atoms with van der Waals surface area (Å²) in [4.78, 5) is 0. The summed E-state index contributed by atoms with van der Waals surface area (Å²) in [6, 6.07) is 17.3. The van der Waals surface area contributed by atoms with Gasteiger partial charge in [0, 0.05) is 19.8 Å². The Balaban J connectivity index is 0. The molecular formula is C34H60O2. The summed E-state index contributed by atoms with van der Waals surface area (Å²) in [5.41, 5.74) is 5.19. The fourth-order valence-electron chi connectivity index (χ4n) is 2.86. The molecule has 0 aliphatic rings. The zero-order valence-electron chi connectivity index (χ0n) is 25.7. The van der Waals surface area contributed by atoms with E-state index in [-0.39, 0.29) is 0 Å². The first kappa shape index (κ1) is 36.5. The maximum absolute atomic E-state index is 5.45. The fourth-order valence-corrected chi connectivity index (χ4v) is 2.86. The van der Waals surface area contributed by atoms with Crippen LogP contribution in [0, 0.1) is 19.8 Å². The summed E-state index contributed by atoms with van der Waals surface area (Å²) in [6.07, 6.45) is 9.37. The van der Waals surface area contributed by atoms with Crippen LogP contribution in [0.5, 0.6) is 0 Å². The molecule has 2 heteroatoms. The van der Waals surface area contributed by atoms with Gasteiger partial charge in [-0.25, -0.2) is 0 Å². The standard InChI is InChI=1S/C14H14.C8H18O.C6H14O.C6H14/c1-11-3-7-13(8-4-11)14-9-5-12(2)6-10-14;1-5-8(4)9-6-7(2)3;1-3-5-7-6-4-2;1-3-5-6-4-2/h3-10H,1-2H3;7-8H,5-6H2,1-4H3;3-6H2,1-2H3;3-6H2,1-2H3. The van der Waals surface area contributed by atoms with Crippen molar-refractivity contribution in [2.75, 3.05) is 19.8 Å². The second kappa shape index (κ2) is 26.4. The molecule has 0 N–H and O–H groups in total. The van der Waals surface area contributed by atoms with Crippen LogP contribution in [0.15, 0.2) is 48.5 Å². The van der Waals surface area contributed by atoms with Crippen LogP contribution < -0.4 is 0 Å². The van der Waals surface area contributed by atoms with Gasteiger partial charge >= 0.3 is 0 Å². The summed E-state index contributed by atoms with van der Waals surface area (Å²) in [7, 11) is 0. The summed E-state index contributed by atoms with van der Waals surface area (Å²) in [5.74, 6) is 0.666. The van der Waals surface area contributed by atoms with E-state index in [1.54, 1.807) is 0 Å². The first-order valence-corrected chi connectivity index (χ1v) is 14.6. The Hall–Kier alpha value is -1.64. The van der Waals surface area contributed by atoms with Gasteiger partial charge in [-0.05, 0) is 57.1 Å². The Labute approximate surface area is 226 Å². The van der Waals surface area contributed by atoms with Gasteiger partial charge in [0.25, 0.3) is 0 Å². The number of hydrogen-bond donors (Lipinski definition) is 0. The lowest BCUT2D eigenvalue weighted by atomic mass is 10.0. The van der Waals surface area contributed by atoms with Crippen LogP contribution >= 0.6 is 0 Å². The molecule has 1 unspecified atom stereocenters. The molecule has 36 heavy (non-hydrogen) atoms. The Morgan fingerprint density at radius 2 is 0.972 bits per heavy atom. The molecule has 0 bridgehead atoms. The van der Waals surface area contributed by atoms with Gasteiger partial charge in [0.2, 0.25) is 0 Å². The van der Waals surface area contributed by atoms with Crippen molar-refractivity contribution in [2.45, 2.75) is 120 Å². The van der Waals surface area contributed by atoms with Crippen molar-refractivity contribution in [2.24, 2.45) is 5.92 Å². The van der Waals surface area contributed by atoms with E-state index in [9.17, 15) is 0 Å². The normalized spacial score (nSPS) is 10.9. The largest absolute Gasteiger partial charge is 0.381 e. The molecule has 0 heterocycles. The summed E-state index contributed by atoms with van der Waals surface area (Å²) in [6.45, 7) is 24.3. The van der Waals surface area contributed by atoms with Crippen LogP contribution in [0.3, 0.4) is 0 Å². The summed E-state index contributed by atoms with van der Waals surface area (Å²) < 4.78 is 10.6. The molecule has 2 rings (SSSR count). The predicted octanol–water partition coefficient (Wildman–Crippen LogP) is 10.8. The van der Waals surface area contributed by atoms with Crippen LogP contribution in [-0.4, -0.2) is 25.9 Å². The Morgan fingerprint density at radius 3 is 1.25 bits per heavy atom. The molecule has 0 aliphatic heterocycles. The van der Waals surface area contributed by atoms with Crippen molar-refractivity contribution in [3.63, 3.8) is 0 Å². The maximum Gasteiger partial charge on any atom is 0.0544 e. The maximum atomic E-state index is 5.45. The van der Waals surface area contributed by atoms with Crippen molar-refractivity contribution < 1.29 is 9.47 Å². The topological polar surface area (TPSA) is 18.5 Å². The average molecular weight is 501 g/mol. The van der Waals surface area contributed by atoms with E-state index in [4.69, 9.17) is 9.47 Å². The molecule has 0 saturated carbocycles. The van der Waals surface area contributed by atoms with Crippen LogP contribution in [0.25, 0.3) is 11.1 Å². The third kappa shape index (κ3) is 24.1. The smallest absolute Gasteiger partial charge is 0.0544 e. The van der Waals surface area contributed by atoms with Crippen molar-refractivity contribution in [3.05, 3.63) is 59.7 Å². The van der Waals surface area contributed by atoms with Crippen molar-refractivity contribution in [1.29, 1.82) is 0 Å². The third-order valence-corrected chi connectivity index (χ3v) is 5.38. The quantitative estimate of drug-likeness (QED) is 0.270. The van der Waals surface area contributed by atoms with E-state index in [1.807, 2.05) is 0 Å². The molecule has 0 radical (unpaired) electrons. The number of ether oxygens (including phenoxy) is 2. The Bertz CT molecular complexity index is 622. The number of hydrogen-bond acceptors (Lipinski definition) is 2. The highest BCUT2D eigenvalue weighted by molar-refractivity contribution is 5.63. The van der Waals surface area contributed by atoms with Crippen LogP contribution in [0.1, 0.15) is 111 Å². The molecule has 2 aromatic rings. The first-order chi connectivity index (χ1) is 17.2. The molecule has 0 saturated heterocycles. The van der Waals surface area contributed by atoms with Gasteiger partial charge in [0.15, 0.2) is 0 Å². The number of rotatable bonds is 12. The molecule has 208 valence electrons. The summed E-state index contributed by atoms with van der Waals surface area (Å²) >= 11 is 0. The van der Waals surface area contributed by atoms with Crippen molar-refractivity contribution >= 4 is 0 Å². The minimum atomic E-state index is 0.437. The van der Waals surface area contributed by atoms with E-state index in [0.717, 1.165) is 39.1 Å². The second-order valence-electron chi connectivity index (χ2n) is 10.00. The van der Waals surface area contributed by atoms with Gasteiger partial charge in [-0.1, -0.05) is 134 Å². The van der Waals surface area contributed by atoms with Gasteiger partial charge in [0.1, 0.15) is 0 Å². The third-order valence-electron chi connectivity index (χ3n) is 5.38. The number of benzene rings is 2. The van der Waals surface area contributed by atoms with Crippen LogP contribution in [0.2, 0.25) is 0 Å². The van der Waals surface area contributed by atoms with Gasteiger partial charge in [-0.3, -0.25) is 0 Å². The van der Waals surface area contributed by atoms with E-state index in [1.165, 1.54) is 47.9 Å². The van der Waals surface area contributed by atoms with Gasteiger partial charge < -0.3 is 9.47 Å². The Morgan fingerprint density at radius 1 is 0.583 bits per heavy atom. The number of aryl methyl sites for hydroxylation is 2. The van der Waals surface area contributed by atoms with E-state index >= 15 is 0 Å². The average Bonchev–Trinajstić information content (AvgIpc) is 2.88. The van der Waals surface area contributed by atoms with Gasteiger partial charge in [-0.2, -0.15) is 0 Å². The lowest BCUT2D eigenvalue weighted by Gasteiger charge is -2.11. The predicted molar refractivity (Wildman–Crippen MR) is 163 cm³/mol. The molecular weight excluding hydrogens is 440 g/mol. The fraction of sp³-hybridized carbons (Fsp3) is 0.647. The highest BCUT2D eigenvalue weighted by Gasteiger charge is 1.99. The molecule has 1 atom stereocenters. The lowest BCUT2D eigenvalue weighted by Crippen LogP contribution is -2.10. The molecule has 2 aromatic carbocycles. The minimum absolute atomic E-state index is 0.437. The molecule has 0 spiro atoms. The zero-order valence-corrected chi connectivity index (χ0v) is 25.7. The first-order valence-electron chi connectivity index (χ1n) is 14.6. The highest BCUT2D eigenvalue weighted by Crippen LogP contribution is 2.19. The van der Waals surface area contributed by atoms with E-state index in [0.29, 0.717) is 12.0 Å². The van der Waals surface area contributed by atoms with E-state index in [2.05, 4.69) is 118 Å². The molecule has 0 fully saturated rings. The van der Waals surface area contributed by atoms with Gasteiger partial charge in [0.05, 0.1) is 6.10 Å². The van der Waals surface area contributed by atoms with Gasteiger partial charge in [-0.15, -0.1) is 0 Å². The minimum Gasteiger partial charge on any atom is -0.381 e. The second-order valence-corrected chi connectivity index (χ2v) is 10.00. The van der Waals surface area contributed by atoms with E-state index < -0.39 is 0 Å². The molecule has 0 aromatic heterocycles. The van der Waals surface area contributed by atoms with Crippen molar-refractivity contribution in [3.8, 4) is 11.1 Å². The van der Waals surface area contributed by atoms with Crippen LogP contribution in [0.4, 0.5) is 0 Å². The summed E-state index contributed by atoms with van der Waals surface area (Å²) in [5, 5.41) is 0. The highest BCUT2D eigenvalue weighted by atomic mass is 16.5. The number of unbranched alkanes of at least 4 members (excludes halogenated alkanes) is 3.